The minimum atomic E-state index is -0.889. The van der Waals surface area contributed by atoms with Gasteiger partial charge in [0.25, 0.3) is 5.69 Å². The minimum Gasteiger partial charge on any atom is -0.463 e. The highest BCUT2D eigenvalue weighted by Crippen LogP contribution is 2.41. The maximum atomic E-state index is 13.1. The van der Waals surface area contributed by atoms with Crippen molar-refractivity contribution in [3.8, 4) is 0 Å². The second-order valence-corrected chi connectivity index (χ2v) is 7.44. The third-order valence-electron chi connectivity index (χ3n) is 5.30. The molecular weight excluding hydrogens is 436 g/mol. The van der Waals surface area contributed by atoms with E-state index in [1.807, 2.05) is 36.4 Å². The van der Waals surface area contributed by atoms with Gasteiger partial charge in [0.1, 0.15) is 0 Å². The number of carbonyl (C=O) groups excluding carboxylic acids is 2. The molecule has 2 aromatic rings. The summed E-state index contributed by atoms with van der Waals surface area (Å²) in [5.74, 6) is -2.12. The van der Waals surface area contributed by atoms with E-state index in [1.165, 1.54) is 18.2 Å². The Labute approximate surface area is 197 Å². The van der Waals surface area contributed by atoms with E-state index in [-0.39, 0.29) is 30.0 Å². The normalized spacial score (nSPS) is 15.8. The fourth-order valence-electron chi connectivity index (χ4n) is 3.73. The molecule has 0 bridgehead atoms. The molecule has 3 rings (SSSR count). The molecule has 0 aliphatic carbocycles. The monoisotopic (exact) mass is 462 g/mol. The number of ether oxygens (including phenoxy) is 2. The highest BCUT2D eigenvalue weighted by Gasteiger charge is 2.38. The molecule has 8 heteroatoms. The Hall–Kier alpha value is -4.20. The van der Waals surface area contributed by atoms with Crippen LogP contribution in [0.1, 0.15) is 37.8 Å². The molecule has 0 saturated heterocycles. The van der Waals surface area contributed by atoms with Gasteiger partial charge in [-0.3, -0.25) is 10.1 Å². The van der Waals surface area contributed by atoms with Crippen LogP contribution >= 0.6 is 0 Å². The first-order valence-corrected chi connectivity index (χ1v) is 10.9. The summed E-state index contributed by atoms with van der Waals surface area (Å²) in [6.07, 6.45) is 5.19. The van der Waals surface area contributed by atoms with Crippen molar-refractivity contribution in [2.45, 2.75) is 26.7 Å². The lowest BCUT2D eigenvalue weighted by molar-refractivity contribution is -0.384. The van der Waals surface area contributed by atoms with Crippen molar-refractivity contribution in [1.29, 1.82) is 0 Å². The first kappa shape index (κ1) is 24.4. The van der Waals surface area contributed by atoms with Crippen molar-refractivity contribution < 1.29 is 24.0 Å². The van der Waals surface area contributed by atoms with Crippen molar-refractivity contribution in [3.05, 3.63) is 105 Å². The summed E-state index contributed by atoms with van der Waals surface area (Å²) in [5.41, 5.74) is 2.13. The molecule has 1 unspecified atom stereocenters. The molecular formula is C26H26N2O6. The molecule has 0 spiro atoms. The van der Waals surface area contributed by atoms with E-state index in [0.717, 1.165) is 5.56 Å². The van der Waals surface area contributed by atoms with Crippen molar-refractivity contribution in [2.24, 2.45) is 0 Å². The van der Waals surface area contributed by atoms with Gasteiger partial charge in [-0.15, -0.1) is 0 Å². The van der Waals surface area contributed by atoms with Gasteiger partial charge in [0.05, 0.1) is 35.2 Å². The standard InChI is InChI=1S/C26H26N2O6/c1-4-33-25(29)22-17-27(15-14-19-10-7-6-8-11-19)18(3)23(26(30)34-5-2)24(22)20-12-9-13-21(16-20)28(31)32/h6-17,24H,4-5H2,1-3H3. The average molecular weight is 463 g/mol. The van der Waals surface area contributed by atoms with Crippen LogP contribution in [-0.2, 0) is 19.1 Å². The predicted molar refractivity (Wildman–Crippen MR) is 127 cm³/mol. The first-order valence-electron chi connectivity index (χ1n) is 10.9. The third kappa shape index (κ3) is 5.40. The van der Waals surface area contributed by atoms with Crippen LogP contribution in [0.15, 0.2) is 83.8 Å². The van der Waals surface area contributed by atoms with E-state index < -0.39 is 22.8 Å². The smallest absolute Gasteiger partial charge is 0.336 e. The number of hydrogen-bond donors (Lipinski definition) is 0. The van der Waals surface area contributed by atoms with Crippen LogP contribution in [0.25, 0.3) is 6.08 Å². The second-order valence-electron chi connectivity index (χ2n) is 7.44. The molecule has 1 atom stereocenters. The van der Waals surface area contributed by atoms with Gasteiger partial charge in [0, 0.05) is 30.2 Å². The Morgan fingerprint density at radius 3 is 2.35 bits per heavy atom. The fourth-order valence-corrected chi connectivity index (χ4v) is 3.73. The van der Waals surface area contributed by atoms with Gasteiger partial charge >= 0.3 is 11.9 Å². The summed E-state index contributed by atoms with van der Waals surface area (Å²) >= 11 is 0. The molecule has 2 aromatic carbocycles. The number of allylic oxidation sites excluding steroid dienone is 1. The number of carbonyl (C=O) groups is 2. The highest BCUT2D eigenvalue weighted by molar-refractivity contribution is 5.99. The second kappa shape index (κ2) is 11.1. The molecule has 0 fully saturated rings. The summed E-state index contributed by atoms with van der Waals surface area (Å²) in [4.78, 5) is 38.7. The van der Waals surface area contributed by atoms with Gasteiger partial charge < -0.3 is 14.4 Å². The molecule has 8 nitrogen and oxygen atoms in total. The van der Waals surface area contributed by atoms with Gasteiger partial charge in [-0.05, 0) is 38.0 Å². The molecule has 0 amide bonds. The predicted octanol–water partition coefficient (Wildman–Crippen LogP) is 4.95. The molecule has 1 heterocycles. The maximum absolute atomic E-state index is 13.1. The van der Waals surface area contributed by atoms with E-state index in [9.17, 15) is 19.7 Å². The van der Waals surface area contributed by atoms with Gasteiger partial charge in [0.2, 0.25) is 0 Å². The Kier molecular flexibility index (Phi) is 7.97. The van der Waals surface area contributed by atoms with E-state index in [0.29, 0.717) is 11.3 Å². The number of non-ortho nitro benzene ring substituents is 1. The highest BCUT2D eigenvalue weighted by atomic mass is 16.6. The van der Waals surface area contributed by atoms with Gasteiger partial charge in [-0.1, -0.05) is 42.5 Å². The van der Waals surface area contributed by atoms with Crippen LogP contribution in [0.4, 0.5) is 5.69 Å². The molecule has 0 saturated carbocycles. The Balaban J connectivity index is 2.19. The van der Waals surface area contributed by atoms with Crippen LogP contribution in [0.5, 0.6) is 0 Å². The summed E-state index contributed by atoms with van der Waals surface area (Å²) in [6, 6.07) is 15.5. The van der Waals surface area contributed by atoms with Crippen LogP contribution < -0.4 is 0 Å². The molecule has 0 radical (unpaired) electrons. The van der Waals surface area contributed by atoms with Crippen molar-refractivity contribution in [2.75, 3.05) is 13.2 Å². The fraction of sp³-hybridized carbons (Fsp3) is 0.231. The van der Waals surface area contributed by atoms with E-state index in [4.69, 9.17) is 9.47 Å². The number of esters is 2. The quantitative estimate of drug-likeness (QED) is 0.311. The SMILES string of the molecule is CCOC(=O)C1=CN(C=Cc2ccccc2)C(C)=C(C(=O)OCC)C1c1cccc([N+](=O)[O-])c1. The Morgan fingerprint density at radius 2 is 1.71 bits per heavy atom. The van der Waals surface area contributed by atoms with Crippen LogP contribution in [0, 0.1) is 10.1 Å². The van der Waals surface area contributed by atoms with Crippen molar-refractivity contribution in [1.82, 2.24) is 4.90 Å². The van der Waals surface area contributed by atoms with Crippen LogP contribution in [-0.4, -0.2) is 35.0 Å². The van der Waals surface area contributed by atoms with E-state index in [1.54, 1.807) is 44.1 Å². The summed E-state index contributed by atoms with van der Waals surface area (Å²) < 4.78 is 10.6. The summed E-state index contributed by atoms with van der Waals surface area (Å²) in [5, 5.41) is 11.4. The number of hydrogen-bond acceptors (Lipinski definition) is 7. The average Bonchev–Trinajstić information content (AvgIpc) is 2.83. The van der Waals surface area contributed by atoms with Crippen molar-refractivity contribution >= 4 is 23.7 Å². The van der Waals surface area contributed by atoms with Crippen molar-refractivity contribution in [3.63, 3.8) is 0 Å². The summed E-state index contributed by atoms with van der Waals surface area (Å²) in [7, 11) is 0. The van der Waals surface area contributed by atoms with Gasteiger partial charge in [-0.2, -0.15) is 0 Å². The molecule has 176 valence electrons. The molecule has 1 aliphatic rings. The van der Waals surface area contributed by atoms with Gasteiger partial charge in [0.15, 0.2) is 0 Å². The van der Waals surface area contributed by atoms with Crippen LogP contribution in [0.3, 0.4) is 0 Å². The Bertz CT molecular complexity index is 1170. The minimum absolute atomic E-state index is 0.134. The zero-order chi connectivity index (χ0) is 24.7. The molecule has 0 N–H and O–H groups in total. The first-order chi connectivity index (χ1) is 16.4. The largest absolute Gasteiger partial charge is 0.463 e. The number of nitro groups is 1. The Morgan fingerprint density at radius 1 is 1.03 bits per heavy atom. The maximum Gasteiger partial charge on any atom is 0.336 e. The number of nitrogens with zero attached hydrogens (tertiary/aromatic N) is 2. The number of benzene rings is 2. The number of rotatable bonds is 8. The third-order valence-corrected chi connectivity index (χ3v) is 5.30. The number of nitro benzene ring substituents is 1. The zero-order valence-corrected chi connectivity index (χ0v) is 19.3. The molecule has 0 aromatic heterocycles. The lowest BCUT2D eigenvalue weighted by atomic mass is 9.81. The molecule has 1 aliphatic heterocycles. The van der Waals surface area contributed by atoms with Crippen LogP contribution in [0.2, 0.25) is 0 Å². The van der Waals surface area contributed by atoms with E-state index in [2.05, 4.69) is 0 Å². The van der Waals surface area contributed by atoms with E-state index >= 15 is 0 Å². The zero-order valence-electron chi connectivity index (χ0n) is 19.3. The summed E-state index contributed by atoms with van der Waals surface area (Å²) in [6.45, 7) is 5.38. The lowest BCUT2D eigenvalue weighted by Gasteiger charge is -2.32. The topological polar surface area (TPSA) is 99.0 Å². The molecule has 34 heavy (non-hydrogen) atoms. The van der Waals surface area contributed by atoms with Gasteiger partial charge in [-0.25, -0.2) is 9.59 Å². The lowest BCUT2D eigenvalue weighted by Crippen LogP contribution is -2.30.